The highest BCUT2D eigenvalue weighted by atomic mass is 15.1. The van der Waals surface area contributed by atoms with Gasteiger partial charge in [-0.15, -0.1) is 0 Å². The first-order chi connectivity index (χ1) is 35.7. The first-order valence-corrected chi connectivity index (χ1v) is 27.1. The van der Waals surface area contributed by atoms with E-state index in [1.165, 1.54) is 88.3 Å². The Morgan fingerprint density at radius 2 is 0.627 bits per heavy atom. The van der Waals surface area contributed by atoms with Gasteiger partial charge < -0.3 is 9.80 Å². The molecular weight excluding hydrogens is 905 g/mol. The Morgan fingerprint density at radius 3 is 1.04 bits per heavy atom. The smallest absolute Gasteiger partial charge is 0.0731 e. The van der Waals surface area contributed by atoms with E-state index in [2.05, 4.69) is 299 Å². The summed E-state index contributed by atoms with van der Waals surface area (Å²) in [5.74, 6) is 0. The third-order valence-electron chi connectivity index (χ3n) is 16.5. The van der Waals surface area contributed by atoms with Gasteiger partial charge in [-0.1, -0.05) is 204 Å². The van der Waals surface area contributed by atoms with Gasteiger partial charge in [0.1, 0.15) is 0 Å². The fraction of sp³-hybridized carbons (Fsp3) is 0.233. The summed E-state index contributed by atoms with van der Waals surface area (Å²) in [4.78, 5) is 4.87. The van der Waals surface area contributed by atoms with Crippen LogP contribution in [0, 0.1) is 0 Å². The second kappa shape index (κ2) is 17.2. The second-order valence-corrected chi connectivity index (χ2v) is 25.5. The Kier molecular flexibility index (Phi) is 11.1. The Hall–Kier alpha value is -7.68. The number of rotatable bonds is 6. The van der Waals surface area contributed by atoms with E-state index in [0.29, 0.717) is 0 Å². The standard InChI is InChI=1S/C73H70N2/c1-69(2,3)50-23-32-54(33-24-50)74(55-34-25-51(26-35-55)70(4,5)6)58-31-21-47-45-64-63-41-22-48-43-59(75(56-36-27-52(28-37-56)71(7,8)9)57-38-29-53(30-39-57)72(10,11)12)40-42-60(48)68(63)73(67(64)46-49(47)44-58)65-19-15-13-17-61(65)62-18-14-16-20-66(62)73/h13-46H,1-12H3. The lowest BCUT2D eigenvalue weighted by Crippen LogP contribution is -2.26. The SMILES string of the molecule is CC(C)(C)c1ccc(N(c2ccc(C(C)(C)C)cc2)c2ccc3cc4c(cc3c2)C2(c3ccccc3-c3ccccc32)c2c-4ccc3cc(N(c4ccc(C(C)(C)C)cc4)c4ccc(C(C)(C)C)cc4)ccc23)cc1. The minimum atomic E-state index is -0.542. The van der Waals surface area contributed by atoms with Crippen LogP contribution in [0.3, 0.4) is 0 Å². The van der Waals surface area contributed by atoms with Crippen LogP contribution in [0.5, 0.6) is 0 Å². The van der Waals surface area contributed by atoms with Crippen molar-refractivity contribution >= 4 is 55.7 Å². The predicted octanol–water partition coefficient (Wildman–Crippen LogP) is 20.5. The number of fused-ring (bicyclic) bond motifs is 13. The van der Waals surface area contributed by atoms with Crippen molar-refractivity contribution in [3.63, 3.8) is 0 Å². The summed E-state index contributed by atoms with van der Waals surface area (Å²) in [6.07, 6.45) is 0. The summed E-state index contributed by atoms with van der Waals surface area (Å²) in [5, 5.41) is 4.95. The van der Waals surface area contributed by atoms with Crippen molar-refractivity contribution in [1.82, 2.24) is 0 Å². The molecule has 0 aromatic heterocycles. The molecular formula is C73H70N2. The Morgan fingerprint density at radius 1 is 0.267 bits per heavy atom. The van der Waals surface area contributed by atoms with Crippen molar-refractivity contribution in [2.45, 2.75) is 110 Å². The van der Waals surface area contributed by atoms with Crippen LogP contribution in [-0.4, -0.2) is 0 Å². The van der Waals surface area contributed by atoms with Crippen LogP contribution in [0.25, 0.3) is 43.8 Å². The van der Waals surface area contributed by atoms with Gasteiger partial charge in [0, 0.05) is 34.1 Å². The van der Waals surface area contributed by atoms with E-state index >= 15 is 0 Å². The largest absolute Gasteiger partial charge is 0.310 e. The molecule has 0 saturated carbocycles. The van der Waals surface area contributed by atoms with Crippen LogP contribution in [0.15, 0.2) is 206 Å². The van der Waals surface area contributed by atoms with E-state index in [-0.39, 0.29) is 21.7 Å². The third-order valence-corrected chi connectivity index (χ3v) is 16.5. The number of anilines is 6. The highest BCUT2D eigenvalue weighted by Gasteiger charge is 2.52. The van der Waals surface area contributed by atoms with Crippen molar-refractivity contribution in [1.29, 1.82) is 0 Å². The molecule has 1 spiro atoms. The molecule has 0 heterocycles. The highest BCUT2D eigenvalue weighted by molar-refractivity contribution is 6.07. The molecule has 2 nitrogen and oxygen atoms in total. The molecule has 2 aliphatic carbocycles. The molecule has 10 aromatic carbocycles. The summed E-state index contributed by atoms with van der Waals surface area (Å²) in [5.41, 5.74) is 22.4. The van der Waals surface area contributed by atoms with E-state index in [0.717, 1.165) is 34.1 Å². The predicted molar refractivity (Wildman–Crippen MR) is 322 cm³/mol. The Bertz CT molecular complexity index is 3670. The van der Waals surface area contributed by atoms with Crippen LogP contribution in [0.1, 0.15) is 128 Å². The third kappa shape index (κ3) is 7.99. The molecule has 0 atom stereocenters. The average Bonchev–Trinajstić information content (AvgIpc) is 3.85. The quantitative estimate of drug-likeness (QED) is 0.164. The minimum Gasteiger partial charge on any atom is -0.310 e. The number of nitrogens with zero attached hydrogens (tertiary/aromatic N) is 2. The average molecular weight is 975 g/mol. The van der Waals surface area contributed by atoms with Gasteiger partial charge in [0.05, 0.1) is 5.41 Å². The van der Waals surface area contributed by atoms with E-state index < -0.39 is 5.41 Å². The number of hydrogen-bond acceptors (Lipinski definition) is 2. The molecule has 0 fully saturated rings. The zero-order valence-corrected chi connectivity index (χ0v) is 46.0. The minimum absolute atomic E-state index is 0.0534. The molecule has 0 radical (unpaired) electrons. The summed E-state index contributed by atoms with van der Waals surface area (Å²) in [7, 11) is 0. The van der Waals surface area contributed by atoms with E-state index in [4.69, 9.17) is 0 Å². The van der Waals surface area contributed by atoms with Gasteiger partial charge in [-0.25, -0.2) is 0 Å². The van der Waals surface area contributed by atoms with Gasteiger partial charge in [-0.05, 0) is 195 Å². The van der Waals surface area contributed by atoms with E-state index in [9.17, 15) is 0 Å². The maximum absolute atomic E-state index is 2.54. The molecule has 0 saturated heterocycles. The van der Waals surface area contributed by atoms with Gasteiger partial charge in [-0.2, -0.15) is 0 Å². The zero-order valence-electron chi connectivity index (χ0n) is 46.0. The molecule has 12 rings (SSSR count). The highest BCUT2D eigenvalue weighted by Crippen LogP contribution is 2.65. The fourth-order valence-electron chi connectivity index (χ4n) is 12.3. The Balaban J connectivity index is 1.06. The molecule has 372 valence electrons. The number of hydrogen-bond donors (Lipinski definition) is 0. The van der Waals surface area contributed by atoms with Crippen LogP contribution >= 0.6 is 0 Å². The molecule has 0 N–H and O–H groups in total. The molecule has 10 aromatic rings. The van der Waals surface area contributed by atoms with Crippen LogP contribution < -0.4 is 9.80 Å². The Labute approximate surface area is 446 Å². The van der Waals surface area contributed by atoms with Crippen molar-refractivity contribution in [2.24, 2.45) is 0 Å². The van der Waals surface area contributed by atoms with Crippen LogP contribution in [-0.2, 0) is 27.1 Å². The normalized spacial score (nSPS) is 13.7. The first-order valence-electron chi connectivity index (χ1n) is 27.1. The summed E-state index contributed by atoms with van der Waals surface area (Å²) in [6, 6.07) is 79.3. The molecule has 0 bridgehead atoms. The zero-order chi connectivity index (χ0) is 52.4. The topological polar surface area (TPSA) is 6.48 Å². The second-order valence-electron chi connectivity index (χ2n) is 25.5. The van der Waals surface area contributed by atoms with Gasteiger partial charge in [0.15, 0.2) is 0 Å². The molecule has 0 aliphatic heterocycles. The van der Waals surface area contributed by atoms with Crippen LogP contribution in [0.2, 0.25) is 0 Å². The molecule has 2 aliphatic rings. The monoisotopic (exact) mass is 975 g/mol. The summed E-state index contributed by atoms with van der Waals surface area (Å²) >= 11 is 0. The molecule has 2 heteroatoms. The van der Waals surface area contributed by atoms with Gasteiger partial charge in [0.2, 0.25) is 0 Å². The molecule has 0 unspecified atom stereocenters. The molecule has 75 heavy (non-hydrogen) atoms. The van der Waals surface area contributed by atoms with E-state index in [1.807, 2.05) is 0 Å². The summed E-state index contributed by atoms with van der Waals surface area (Å²) in [6.45, 7) is 27.4. The first kappa shape index (κ1) is 48.3. The van der Waals surface area contributed by atoms with Crippen molar-refractivity contribution < 1.29 is 0 Å². The van der Waals surface area contributed by atoms with Crippen molar-refractivity contribution in [3.05, 3.63) is 251 Å². The van der Waals surface area contributed by atoms with Crippen LogP contribution in [0.4, 0.5) is 34.1 Å². The maximum Gasteiger partial charge on any atom is 0.0731 e. The summed E-state index contributed by atoms with van der Waals surface area (Å²) < 4.78 is 0. The van der Waals surface area contributed by atoms with Crippen molar-refractivity contribution in [2.75, 3.05) is 9.80 Å². The van der Waals surface area contributed by atoms with Gasteiger partial charge in [0.25, 0.3) is 0 Å². The lowest BCUT2D eigenvalue weighted by molar-refractivity contribution is 0.590. The fourth-order valence-corrected chi connectivity index (χ4v) is 12.3. The lowest BCUT2D eigenvalue weighted by Gasteiger charge is -2.32. The maximum atomic E-state index is 2.54. The van der Waals surface area contributed by atoms with E-state index in [1.54, 1.807) is 0 Å². The van der Waals surface area contributed by atoms with Gasteiger partial charge >= 0.3 is 0 Å². The lowest BCUT2D eigenvalue weighted by atomic mass is 9.69. The molecule has 0 amide bonds. The van der Waals surface area contributed by atoms with Gasteiger partial charge in [-0.3, -0.25) is 0 Å². The number of benzene rings is 10. The van der Waals surface area contributed by atoms with Crippen molar-refractivity contribution in [3.8, 4) is 22.3 Å².